The average molecular weight is 413 g/mol. The second-order valence-electron chi connectivity index (χ2n) is 9.80. The van der Waals surface area contributed by atoms with Crippen molar-refractivity contribution in [3.63, 3.8) is 0 Å². The molecule has 1 rings (SSSR count). The number of ether oxygens (including phenoxy) is 2. The van der Waals surface area contributed by atoms with Gasteiger partial charge >= 0.3 is 11.9 Å². The van der Waals surface area contributed by atoms with Crippen molar-refractivity contribution >= 4 is 11.9 Å². The van der Waals surface area contributed by atoms with Gasteiger partial charge in [-0.3, -0.25) is 4.79 Å². The van der Waals surface area contributed by atoms with Gasteiger partial charge < -0.3 is 9.47 Å². The molecule has 0 amide bonds. The molecule has 1 saturated carbocycles. The number of hydrogen-bond acceptors (Lipinski definition) is 4. The van der Waals surface area contributed by atoms with Crippen LogP contribution in [0.3, 0.4) is 0 Å². The van der Waals surface area contributed by atoms with Gasteiger partial charge in [0.25, 0.3) is 0 Å². The molecular formula is C25H48O4. The van der Waals surface area contributed by atoms with Gasteiger partial charge in [-0.1, -0.05) is 68.2 Å². The Morgan fingerprint density at radius 3 is 2.03 bits per heavy atom. The molecule has 0 aromatic rings. The molecule has 0 spiro atoms. The zero-order valence-corrected chi connectivity index (χ0v) is 20.8. The summed E-state index contributed by atoms with van der Waals surface area (Å²) in [4.78, 5) is 25.4. The van der Waals surface area contributed by atoms with Gasteiger partial charge in [-0.2, -0.15) is 0 Å². The summed E-state index contributed by atoms with van der Waals surface area (Å²) in [5.74, 6) is -0.109. The van der Waals surface area contributed by atoms with E-state index in [1.807, 2.05) is 27.7 Å². The smallest absolute Gasteiger partial charge is 0.344 e. The topological polar surface area (TPSA) is 52.6 Å². The fraction of sp³-hybridized carbons (Fsp3) is 0.920. The van der Waals surface area contributed by atoms with E-state index in [2.05, 4.69) is 34.6 Å². The maximum Gasteiger partial charge on any atom is 0.344 e. The number of carbonyl (C=O) groups excluding carboxylic acids is 2. The van der Waals surface area contributed by atoms with Crippen molar-refractivity contribution in [2.24, 2.45) is 16.7 Å². The molecule has 0 radical (unpaired) electrons. The lowest BCUT2D eigenvalue weighted by Crippen LogP contribution is -2.45. The second-order valence-corrected chi connectivity index (χ2v) is 9.80. The van der Waals surface area contributed by atoms with Crippen LogP contribution in [0.2, 0.25) is 0 Å². The zero-order chi connectivity index (χ0) is 22.7. The average Bonchev–Trinajstić information content (AvgIpc) is 2.67. The monoisotopic (exact) mass is 412 g/mol. The third-order valence-corrected chi connectivity index (χ3v) is 6.78. The lowest BCUT2D eigenvalue weighted by molar-refractivity contribution is -0.179. The van der Waals surface area contributed by atoms with Crippen LogP contribution in [0.25, 0.3) is 0 Å². The maximum atomic E-state index is 13.1. The van der Waals surface area contributed by atoms with Crippen molar-refractivity contribution in [2.75, 3.05) is 6.61 Å². The summed E-state index contributed by atoms with van der Waals surface area (Å²) in [6.07, 6.45) is 8.73. The molecule has 0 heterocycles. The summed E-state index contributed by atoms with van der Waals surface area (Å²) in [5.41, 5.74) is -1.21. The van der Waals surface area contributed by atoms with Crippen LogP contribution in [-0.4, -0.2) is 24.1 Å². The quantitative estimate of drug-likeness (QED) is 0.379. The van der Waals surface area contributed by atoms with Crippen molar-refractivity contribution in [2.45, 2.75) is 126 Å². The van der Waals surface area contributed by atoms with E-state index in [4.69, 9.17) is 9.47 Å². The molecule has 2 unspecified atom stereocenters. The summed E-state index contributed by atoms with van der Waals surface area (Å²) in [6.45, 7) is 18.4. The standard InChI is InChI=1S/C23H42O4.C2H6/c1-8-18(3)13-16-23(9-2,21(4,5)6)20(25)26-17-19(24)27-22(7)14-11-10-12-15-22;1-2/h18H,8-17H2,1-7H3;1-2H3. The third-order valence-electron chi connectivity index (χ3n) is 6.78. The maximum absolute atomic E-state index is 13.1. The molecule has 0 saturated heterocycles. The van der Waals surface area contributed by atoms with Crippen molar-refractivity contribution in [3.05, 3.63) is 0 Å². The first kappa shape index (κ1) is 27.9. The number of rotatable bonds is 9. The molecule has 0 bridgehead atoms. The van der Waals surface area contributed by atoms with Gasteiger partial charge in [-0.25, -0.2) is 4.79 Å². The van der Waals surface area contributed by atoms with Crippen molar-refractivity contribution < 1.29 is 19.1 Å². The summed E-state index contributed by atoms with van der Waals surface area (Å²) < 4.78 is 11.2. The minimum absolute atomic E-state index is 0.231. The summed E-state index contributed by atoms with van der Waals surface area (Å²) in [5, 5.41) is 0. The minimum atomic E-state index is -0.578. The van der Waals surface area contributed by atoms with Crippen LogP contribution in [0.4, 0.5) is 0 Å². The molecule has 29 heavy (non-hydrogen) atoms. The van der Waals surface area contributed by atoms with Gasteiger partial charge in [0.1, 0.15) is 5.60 Å². The Morgan fingerprint density at radius 1 is 1.03 bits per heavy atom. The highest BCUT2D eigenvalue weighted by atomic mass is 16.6. The fourth-order valence-electron chi connectivity index (χ4n) is 4.30. The number of hydrogen-bond donors (Lipinski definition) is 0. The first-order valence-corrected chi connectivity index (χ1v) is 11.9. The highest BCUT2D eigenvalue weighted by molar-refractivity contribution is 5.81. The summed E-state index contributed by atoms with van der Waals surface area (Å²) in [6, 6.07) is 0. The van der Waals surface area contributed by atoms with Crippen LogP contribution in [0.5, 0.6) is 0 Å². The lowest BCUT2D eigenvalue weighted by atomic mass is 9.62. The molecule has 1 aliphatic carbocycles. The Labute approximate surface area is 180 Å². The summed E-state index contributed by atoms with van der Waals surface area (Å²) in [7, 11) is 0. The SMILES string of the molecule is CC.CCC(C)CCC(CC)(C(=O)OCC(=O)OC1(C)CCCCC1)C(C)(C)C. The highest BCUT2D eigenvalue weighted by Crippen LogP contribution is 2.47. The lowest BCUT2D eigenvalue weighted by Gasteiger charge is -2.42. The van der Waals surface area contributed by atoms with E-state index in [1.54, 1.807) is 0 Å². The number of carbonyl (C=O) groups is 2. The first-order chi connectivity index (χ1) is 13.5. The van der Waals surface area contributed by atoms with Crippen LogP contribution in [-0.2, 0) is 19.1 Å². The van der Waals surface area contributed by atoms with Crippen LogP contribution in [0.1, 0.15) is 120 Å². The van der Waals surface area contributed by atoms with Gasteiger partial charge in [-0.05, 0) is 63.2 Å². The van der Waals surface area contributed by atoms with Gasteiger partial charge in [0.15, 0.2) is 6.61 Å². The van der Waals surface area contributed by atoms with E-state index in [1.165, 1.54) is 6.42 Å². The molecule has 2 atom stereocenters. The van der Waals surface area contributed by atoms with E-state index >= 15 is 0 Å². The molecule has 1 aliphatic rings. The van der Waals surface area contributed by atoms with Gasteiger partial charge in [0.05, 0.1) is 5.41 Å². The molecule has 0 N–H and O–H groups in total. The predicted octanol–water partition coefficient (Wildman–Crippen LogP) is 7.09. The van der Waals surface area contributed by atoms with E-state index in [-0.39, 0.29) is 18.0 Å². The molecule has 4 nitrogen and oxygen atoms in total. The Balaban J connectivity index is 0.00000379. The fourth-order valence-corrected chi connectivity index (χ4v) is 4.30. The normalized spacial score (nSPS) is 19.2. The van der Waals surface area contributed by atoms with Crippen LogP contribution in [0, 0.1) is 16.7 Å². The zero-order valence-electron chi connectivity index (χ0n) is 20.8. The second kappa shape index (κ2) is 12.6. The molecular weight excluding hydrogens is 364 g/mol. The number of esters is 2. The molecule has 0 aliphatic heterocycles. The van der Waals surface area contributed by atoms with Crippen molar-refractivity contribution in [1.29, 1.82) is 0 Å². The Kier molecular flexibility index (Phi) is 12.1. The Bertz CT molecular complexity index is 486. The first-order valence-electron chi connectivity index (χ1n) is 11.9. The minimum Gasteiger partial charge on any atom is -0.457 e. The highest BCUT2D eigenvalue weighted by Gasteiger charge is 2.48. The van der Waals surface area contributed by atoms with Crippen molar-refractivity contribution in [3.8, 4) is 0 Å². The molecule has 0 aromatic carbocycles. The molecule has 0 aromatic heterocycles. The van der Waals surface area contributed by atoms with Crippen molar-refractivity contribution in [1.82, 2.24) is 0 Å². The van der Waals surface area contributed by atoms with Gasteiger partial charge in [-0.15, -0.1) is 0 Å². The predicted molar refractivity (Wildman–Crippen MR) is 121 cm³/mol. The molecule has 4 heteroatoms. The Morgan fingerprint density at radius 2 is 1.59 bits per heavy atom. The van der Waals surface area contributed by atoms with E-state index in [0.29, 0.717) is 12.3 Å². The molecule has 172 valence electrons. The van der Waals surface area contributed by atoms with Crippen LogP contribution in [0.15, 0.2) is 0 Å². The Hall–Kier alpha value is -1.06. The van der Waals surface area contributed by atoms with Crippen LogP contribution < -0.4 is 0 Å². The van der Waals surface area contributed by atoms with Gasteiger partial charge in [0.2, 0.25) is 0 Å². The van der Waals surface area contributed by atoms with Gasteiger partial charge in [0, 0.05) is 0 Å². The molecule has 1 fully saturated rings. The van der Waals surface area contributed by atoms with Crippen LogP contribution >= 0.6 is 0 Å². The van der Waals surface area contributed by atoms with E-state index < -0.39 is 17.0 Å². The largest absolute Gasteiger partial charge is 0.457 e. The van der Waals surface area contributed by atoms with E-state index in [9.17, 15) is 9.59 Å². The summed E-state index contributed by atoms with van der Waals surface area (Å²) >= 11 is 0. The third kappa shape index (κ3) is 8.30. The van der Waals surface area contributed by atoms with E-state index in [0.717, 1.165) is 44.9 Å².